The quantitative estimate of drug-likeness (QED) is 0.666. The molecule has 0 aliphatic carbocycles. The summed E-state index contributed by atoms with van der Waals surface area (Å²) in [6.45, 7) is 11.2. The fourth-order valence-corrected chi connectivity index (χ4v) is 4.91. The van der Waals surface area contributed by atoms with Crippen LogP contribution in [0.4, 0.5) is 9.93 Å². The number of piperazine rings is 1. The highest BCUT2D eigenvalue weighted by Crippen LogP contribution is 2.34. The van der Waals surface area contributed by atoms with Gasteiger partial charge in [-0.05, 0) is 24.6 Å². The molecule has 1 aromatic heterocycles. The summed E-state index contributed by atoms with van der Waals surface area (Å²) in [5, 5.41) is 4.30. The monoisotopic (exact) mass is 478 g/mol. The van der Waals surface area contributed by atoms with Crippen LogP contribution in [0.5, 0.6) is 0 Å². The average molecular weight is 479 g/mol. The van der Waals surface area contributed by atoms with Gasteiger partial charge in [0.2, 0.25) is 5.91 Å². The number of benzene rings is 1. The third-order valence-electron chi connectivity index (χ3n) is 5.20. The number of carbonyl (C=O) groups is 2. The van der Waals surface area contributed by atoms with Gasteiger partial charge in [0.15, 0.2) is 5.13 Å². The molecule has 0 radical (unpaired) electrons. The number of aromatic nitrogens is 1. The van der Waals surface area contributed by atoms with Crippen molar-refractivity contribution in [2.75, 3.05) is 44.6 Å². The Kier molecular flexibility index (Phi) is 8.14. The van der Waals surface area contributed by atoms with Crippen molar-refractivity contribution >= 4 is 40.1 Å². The summed E-state index contributed by atoms with van der Waals surface area (Å²) in [5.74, 6) is -0.0955. The fraction of sp³-hybridized carbons (Fsp3) is 0.522. The molecule has 9 heteroatoms. The number of halogens is 1. The maximum Gasteiger partial charge on any atom is 0.409 e. The van der Waals surface area contributed by atoms with Crippen molar-refractivity contribution in [2.24, 2.45) is 0 Å². The van der Waals surface area contributed by atoms with Crippen LogP contribution >= 0.6 is 22.9 Å². The molecule has 1 aliphatic heterocycles. The van der Waals surface area contributed by atoms with E-state index >= 15 is 0 Å². The Morgan fingerprint density at radius 2 is 1.81 bits per heavy atom. The molecule has 2 aromatic rings. The van der Waals surface area contributed by atoms with Crippen LogP contribution in [0, 0.1) is 0 Å². The molecule has 0 saturated carbocycles. The molecule has 0 atom stereocenters. The van der Waals surface area contributed by atoms with E-state index in [9.17, 15) is 9.59 Å². The minimum atomic E-state index is -0.290. The second-order valence-corrected chi connectivity index (χ2v) is 10.4. The van der Waals surface area contributed by atoms with E-state index in [1.165, 1.54) is 11.3 Å². The minimum absolute atomic E-state index is 0.0955. The molecule has 1 N–H and O–H groups in total. The largest absolute Gasteiger partial charge is 0.450 e. The van der Waals surface area contributed by atoms with Gasteiger partial charge in [-0.2, -0.15) is 0 Å². The molecule has 0 bridgehead atoms. The summed E-state index contributed by atoms with van der Waals surface area (Å²) >= 11 is 7.53. The Hall–Kier alpha value is -2.16. The molecule has 1 aliphatic rings. The van der Waals surface area contributed by atoms with Gasteiger partial charge in [0, 0.05) is 47.9 Å². The van der Waals surface area contributed by atoms with Gasteiger partial charge in [0.25, 0.3) is 0 Å². The number of amides is 2. The van der Waals surface area contributed by atoms with E-state index < -0.39 is 0 Å². The van der Waals surface area contributed by atoms with Gasteiger partial charge in [-0.3, -0.25) is 9.69 Å². The zero-order valence-corrected chi connectivity index (χ0v) is 20.7. The van der Waals surface area contributed by atoms with E-state index in [1.807, 2.05) is 29.2 Å². The molecule has 0 unspecified atom stereocenters. The van der Waals surface area contributed by atoms with Gasteiger partial charge in [-0.1, -0.05) is 44.5 Å². The van der Waals surface area contributed by atoms with Crippen molar-refractivity contribution in [1.29, 1.82) is 0 Å². The van der Waals surface area contributed by atoms with Crippen molar-refractivity contribution < 1.29 is 14.3 Å². The molecular formula is C23H31ClN4O3S. The third-order valence-corrected chi connectivity index (χ3v) is 6.42. The fourth-order valence-electron chi connectivity index (χ4n) is 3.56. The second-order valence-electron chi connectivity index (χ2n) is 8.85. The Labute approximate surface area is 198 Å². The number of nitrogens with zero attached hydrogens (tertiary/aromatic N) is 3. The Bertz CT molecular complexity index is 932. The highest BCUT2D eigenvalue weighted by Gasteiger charge is 2.26. The molecule has 3 rings (SSSR count). The summed E-state index contributed by atoms with van der Waals surface area (Å²) in [4.78, 5) is 34.1. The maximum absolute atomic E-state index is 12.7. The molecular weight excluding hydrogens is 448 g/mol. The normalized spacial score (nSPS) is 15.0. The van der Waals surface area contributed by atoms with Crippen LogP contribution in [-0.4, -0.2) is 66.1 Å². The molecule has 1 saturated heterocycles. The first-order chi connectivity index (χ1) is 15.2. The molecule has 174 valence electrons. The number of ether oxygens (including phenoxy) is 1. The predicted octanol–water partition coefficient (Wildman–Crippen LogP) is 4.40. The number of hydrogen-bond donors (Lipinski definition) is 1. The predicted molar refractivity (Wildman–Crippen MR) is 129 cm³/mol. The van der Waals surface area contributed by atoms with Gasteiger partial charge in [-0.15, -0.1) is 11.3 Å². The van der Waals surface area contributed by atoms with E-state index in [0.717, 1.165) is 22.6 Å². The topological polar surface area (TPSA) is 74.8 Å². The Morgan fingerprint density at radius 1 is 1.16 bits per heavy atom. The molecule has 32 heavy (non-hydrogen) atoms. The second kappa shape index (κ2) is 10.6. The highest BCUT2D eigenvalue weighted by atomic mass is 35.5. The SMILES string of the molecule is CCOC(=O)N1CCN(CC(=O)Nc2nc(C(C)(C)C)c(Cc3ccc(Cl)cc3)s2)CC1. The van der Waals surface area contributed by atoms with Gasteiger partial charge in [0.05, 0.1) is 18.8 Å². The molecule has 0 spiro atoms. The maximum atomic E-state index is 12.7. The summed E-state index contributed by atoms with van der Waals surface area (Å²) in [7, 11) is 0. The lowest BCUT2D eigenvalue weighted by molar-refractivity contribution is -0.117. The summed E-state index contributed by atoms with van der Waals surface area (Å²) in [6.07, 6.45) is 0.454. The molecule has 1 fully saturated rings. The molecule has 2 amide bonds. The summed E-state index contributed by atoms with van der Waals surface area (Å²) in [6, 6.07) is 7.81. The van der Waals surface area contributed by atoms with E-state index in [4.69, 9.17) is 21.3 Å². The average Bonchev–Trinajstić information content (AvgIpc) is 3.13. The Morgan fingerprint density at radius 3 is 2.41 bits per heavy atom. The van der Waals surface area contributed by atoms with E-state index in [0.29, 0.717) is 42.9 Å². The van der Waals surface area contributed by atoms with Crippen molar-refractivity contribution in [2.45, 2.75) is 39.5 Å². The van der Waals surface area contributed by atoms with Crippen LogP contribution in [0.3, 0.4) is 0 Å². The van der Waals surface area contributed by atoms with Crippen molar-refractivity contribution in [1.82, 2.24) is 14.8 Å². The zero-order valence-electron chi connectivity index (χ0n) is 19.1. The lowest BCUT2D eigenvalue weighted by Crippen LogP contribution is -2.50. The van der Waals surface area contributed by atoms with Crippen LogP contribution in [-0.2, 0) is 21.4 Å². The first-order valence-corrected chi connectivity index (χ1v) is 12.0. The van der Waals surface area contributed by atoms with Crippen molar-refractivity contribution in [3.8, 4) is 0 Å². The number of carbonyl (C=O) groups excluding carboxylic acids is 2. The van der Waals surface area contributed by atoms with Crippen molar-refractivity contribution in [3.05, 3.63) is 45.4 Å². The first-order valence-electron chi connectivity index (χ1n) is 10.8. The highest BCUT2D eigenvalue weighted by molar-refractivity contribution is 7.15. The van der Waals surface area contributed by atoms with Crippen molar-refractivity contribution in [3.63, 3.8) is 0 Å². The third kappa shape index (κ3) is 6.67. The standard InChI is InChI=1S/C23H31ClN4O3S/c1-5-31-22(30)28-12-10-27(11-13-28)15-19(29)25-21-26-20(23(2,3)4)18(32-21)14-16-6-8-17(24)9-7-16/h6-9H,5,10-15H2,1-4H3,(H,25,26,29). The van der Waals surface area contributed by atoms with E-state index in [-0.39, 0.29) is 24.0 Å². The smallest absolute Gasteiger partial charge is 0.409 e. The number of nitrogens with one attached hydrogen (secondary N) is 1. The van der Waals surface area contributed by atoms with E-state index in [1.54, 1.807) is 11.8 Å². The minimum Gasteiger partial charge on any atom is -0.450 e. The van der Waals surface area contributed by atoms with Gasteiger partial charge in [0.1, 0.15) is 0 Å². The van der Waals surface area contributed by atoms with Gasteiger partial charge in [-0.25, -0.2) is 9.78 Å². The number of hydrogen-bond acceptors (Lipinski definition) is 6. The summed E-state index contributed by atoms with van der Waals surface area (Å²) < 4.78 is 5.04. The molecule has 2 heterocycles. The van der Waals surface area contributed by atoms with Gasteiger partial charge < -0.3 is 15.0 Å². The van der Waals surface area contributed by atoms with Crippen LogP contribution < -0.4 is 5.32 Å². The van der Waals surface area contributed by atoms with Crippen LogP contribution in [0.25, 0.3) is 0 Å². The molecule has 7 nitrogen and oxygen atoms in total. The summed E-state index contributed by atoms with van der Waals surface area (Å²) in [5.41, 5.74) is 2.02. The Balaban J connectivity index is 1.60. The molecule has 1 aromatic carbocycles. The van der Waals surface area contributed by atoms with Crippen LogP contribution in [0.1, 0.15) is 43.8 Å². The zero-order chi connectivity index (χ0) is 23.3. The van der Waals surface area contributed by atoms with Crippen LogP contribution in [0.2, 0.25) is 5.02 Å². The first kappa shape index (κ1) is 24.5. The number of anilines is 1. The van der Waals surface area contributed by atoms with Crippen LogP contribution in [0.15, 0.2) is 24.3 Å². The lowest BCUT2D eigenvalue weighted by Gasteiger charge is -2.33. The van der Waals surface area contributed by atoms with Gasteiger partial charge >= 0.3 is 6.09 Å². The number of thiazole rings is 1. The lowest BCUT2D eigenvalue weighted by atomic mass is 9.90. The van der Waals surface area contributed by atoms with E-state index in [2.05, 4.69) is 26.1 Å². The number of rotatable bonds is 6.